The Kier molecular flexibility index (Phi) is 4.81. The van der Waals surface area contributed by atoms with E-state index in [1.54, 1.807) is 0 Å². The lowest BCUT2D eigenvalue weighted by atomic mass is 9.97. The van der Waals surface area contributed by atoms with Crippen LogP contribution in [0.2, 0.25) is 0 Å². The highest BCUT2D eigenvalue weighted by atomic mass is 35.5. The minimum absolute atomic E-state index is 0.0336. The molecule has 0 unspecified atom stereocenters. The van der Waals surface area contributed by atoms with Crippen molar-refractivity contribution in [2.24, 2.45) is 0 Å². The number of rotatable bonds is 4. The number of hydrogen-bond donors (Lipinski definition) is 1. The molecular weight excluding hydrogens is 222 g/mol. The molecule has 2 nitrogen and oxygen atoms in total. The van der Waals surface area contributed by atoms with Crippen LogP contribution in [0.4, 0.5) is 0 Å². The molecule has 88 valence electrons. The van der Waals surface area contributed by atoms with E-state index in [2.05, 4.69) is 38.2 Å². The van der Waals surface area contributed by atoms with Gasteiger partial charge in [0.15, 0.2) is 0 Å². The highest BCUT2D eigenvalue weighted by Gasteiger charge is 2.04. The van der Waals surface area contributed by atoms with Crippen molar-refractivity contribution in [3.8, 4) is 0 Å². The van der Waals surface area contributed by atoms with Gasteiger partial charge in [-0.2, -0.15) is 0 Å². The molecule has 1 aromatic rings. The third kappa shape index (κ3) is 3.24. The predicted octanol–water partition coefficient (Wildman–Crippen LogP) is 2.51. The average molecular weight is 240 g/mol. The van der Waals surface area contributed by atoms with E-state index < -0.39 is 0 Å². The van der Waals surface area contributed by atoms with E-state index in [4.69, 9.17) is 11.6 Å². The number of alkyl halides is 1. The smallest absolute Gasteiger partial charge is 0.234 e. The zero-order chi connectivity index (χ0) is 12.1. The normalized spacial score (nSPS) is 10.2. The number of aryl methyl sites for hydroxylation is 1. The van der Waals surface area contributed by atoms with Gasteiger partial charge in [-0.1, -0.05) is 12.1 Å². The molecule has 1 amide bonds. The van der Waals surface area contributed by atoms with Gasteiger partial charge in [0.25, 0.3) is 0 Å². The van der Waals surface area contributed by atoms with Gasteiger partial charge in [0.2, 0.25) is 5.91 Å². The maximum Gasteiger partial charge on any atom is 0.234 e. The van der Waals surface area contributed by atoms with Gasteiger partial charge in [0.1, 0.15) is 5.88 Å². The molecule has 3 heteroatoms. The summed E-state index contributed by atoms with van der Waals surface area (Å²) < 4.78 is 0. The topological polar surface area (TPSA) is 29.1 Å². The first-order valence-electron chi connectivity index (χ1n) is 5.44. The first-order valence-corrected chi connectivity index (χ1v) is 5.98. The summed E-state index contributed by atoms with van der Waals surface area (Å²) in [6.07, 6.45) is 0.857. The Morgan fingerprint density at radius 2 is 1.94 bits per heavy atom. The minimum Gasteiger partial charge on any atom is -0.355 e. The molecule has 1 aromatic carbocycles. The predicted molar refractivity (Wildman–Crippen MR) is 68.1 cm³/mol. The van der Waals surface area contributed by atoms with Crippen molar-refractivity contribution < 1.29 is 4.79 Å². The van der Waals surface area contributed by atoms with E-state index in [0.717, 1.165) is 6.42 Å². The highest BCUT2D eigenvalue weighted by molar-refractivity contribution is 6.27. The monoisotopic (exact) mass is 239 g/mol. The summed E-state index contributed by atoms with van der Waals surface area (Å²) in [6.45, 7) is 7.02. The number of carbonyl (C=O) groups is 1. The molecule has 0 bridgehead atoms. The lowest BCUT2D eigenvalue weighted by molar-refractivity contribution is -0.118. The Bertz CT molecular complexity index is 388. The SMILES string of the molecule is Cc1ccc(CCNC(=O)CCl)c(C)c1C. The van der Waals surface area contributed by atoms with Gasteiger partial charge >= 0.3 is 0 Å². The van der Waals surface area contributed by atoms with Crippen molar-refractivity contribution >= 4 is 17.5 Å². The van der Waals surface area contributed by atoms with E-state index >= 15 is 0 Å². The van der Waals surface area contributed by atoms with Crippen LogP contribution in [0.3, 0.4) is 0 Å². The second-order valence-electron chi connectivity index (χ2n) is 4.03. The second kappa shape index (κ2) is 5.90. The summed E-state index contributed by atoms with van der Waals surface area (Å²) >= 11 is 5.40. The van der Waals surface area contributed by atoms with E-state index in [1.807, 2.05) is 0 Å². The average Bonchev–Trinajstić information content (AvgIpc) is 2.29. The summed E-state index contributed by atoms with van der Waals surface area (Å²) in [6, 6.07) is 4.26. The van der Waals surface area contributed by atoms with Crippen LogP contribution in [0, 0.1) is 20.8 Å². The Morgan fingerprint density at radius 3 is 2.56 bits per heavy atom. The van der Waals surface area contributed by atoms with Crippen molar-refractivity contribution in [2.45, 2.75) is 27.2 Å². The van der Waals surface area contributed by atoms with Gasteiger partial charge in [-0.3, -0.25) is 4.79 Å². The third-order valence-corrected chi connectivity index (χ3v) is 3.25. The van der Waals surface area contributed by atoms with Crippen LogP contribution >= 0.6 is 11.6 Å². The Labute approximate surface area is 102 Å². The maximum atomic E-state index is 11.0. The molecule has 0 aliphatic rings. The van der Waals surface area contributed by atoms with Gasteiger partial charge in [0, 0.05) is 6.54 Å². The van der Waals surface area contributed by atoms with Crippen molar-refractivity contribution in [3.63, 3.8) is 0 Å². The maximum absolute atomic E-state index is 11.0. The standard InChI is InChI=1S/C13H18ClNO/c1-9-4-5-12(11(3)10(9)2)6-7-15-13(16)8-14/h4-5H,6-8H2,1-3H3,(H,15,16). The quantitative estimate of drug-likeness (QED) is 0.804. The Hall–Kier alpha value is -1.02. The Morgan fingerprint density at radius 1 is 1.25 bits per heavy atom. The van der Waals surface area contributed by atoms with Crippen molar-refractivity contribution in [1.82, 2.24) is 5.32 Å². The molecule has 0 aliphatic carbocycles. The van der Waals surface area contributed by atoms with Crippen LogP contribution in [0.5, 0.6) is 0 Å². The molecule has 1 N–H and O–H groups in total. The van der Waals surface area contributed by atoms with Gasteiger partial charge in [0.05, 0.1) is 0 Å². The van der Waals surface area contributed by atoms with Crippen LogP contribution in [0.15, 0.2) is 12.1 Å². The molecule has 16 heavy (non-hydrogen) atoms. The first-order chi connectivity index (χ1) is 7.56. The van der Waals surface area contributed by atoms with E-state index in [-0.39, 0.29) is 11.8 Å². The minimum atomic E-state index is -0.108. The molecule has 0 radical (unpaired) electrons. The fourth-order valence-corrected chi connectivity index (χ4v) is 1.76. The molecule has 0 atom stereocenters. The summed E-state index contributed by atoms with van der Waals surface area (Å²) in [5.74, 6) is -0.0746. The van der Waals surface area contributed by atoms with Crippen LogP contribution in [-0.2, 0) is 11.2 Å². The number of benzene rings is 1. The van der Waals surface area contributed by atoms with Gasteiger partial charge < -0.3 is 5.32 Å². The number of halogens is 1. The molecule has 0 aromatic heterocycles. The fourth-order valence-electron chi connectivity index (χ4n) is 1.67. The van der Waals surface area contributed by atoms with Gasteiger partial charge in [-0.05, 0) is 49.4 Å². The molecule has 0 spiro atoms. The molecule has 0 aliphatic heterocycles. The summed E-state index contributed by atoms with van der Waals surface area (Å²) in [4.78, 5) is 11.0. The van der Waals surface area contributed by atoms with Crippen LogP contribution in [0.25, 0.3) is 0 Å². The number of carbonyl (C=O) groups excluding carboxylic acids is 1. The van der Waals surface area contributed by atoms with Crippen LogP contribution in [0.1, 0.15) is 22.3 Å². The van der Waals surface area contributed by atoms with Crippen molar-refractivity contribution in [2.75, 3.05) is 12.4 Å². The highest BCUT2D eigenvalue weighted by Crippen LogP contribution is 2.17. The summed E-state index contributed by atoms with van der Waals surface area (Å²) in [7, 11) is 0. The first kappa shape index (κ1) is 13.0. The molecule has 0 heterocycles. The van der Waals surface area contributed by atoms with Crippen LogP contribution in [-0.4, -0.2) is 18.3 Å². The lowest BCUT2D eigenvalue weighted by Crippen LogP contribution is -2.26. The molecule has 0 saturated carbocycles. The van der Waals surface area contributed by atoms with Gasteiger partial charge in [-0.15, -0.1) is 11.6 Å². The number of nitrogens with one attached hydrogen (secondary N) is 1. The van der Waals surface area contributed by atoms with Crippen molar-refractivity contribution in [3.05, 3.63) is 34.4 Å². The van der Waals surface area contributed by atoms with E-state index in [9.17, 15) is 4.79 Å². The fraction of sp³-hybridized carbons (Fsp3) is 0.462. The van der Waals surface area contributed by atoms with Gasteiger partial charge in [-0.25, -0.2) is 0 Å². The van der Waals surface area contributed by atoms with E-state index in [1.165, 1.54) is 22.3 Å². The van der Waals surface area contributed by atoms with E-state index in [0.29, 0.717) is 6.54 Å². The summed E-state index contributed by atoms with van der Waals surface area (Å²) in [5, 5.41) is 2.77. The largest absolute Gasteiger partial charge is 0.355 e. The zero-order valence-corrected chi connectivity index (χ0v) is 10.8. The van der Waals surface area contributed by atoms with Crippen molar-refractivity contribution in [1.29, 1.82) is 0 Å². The molecule has 1 rings (SSSR count). The third-order valence-electron chi connectivity index (χ3n) is 3.01. The van der Waals surface area contributed by atoms with Crippen LogP contribution < -0.4 is 5.32 Å². The molecule has 0 saturated heterocycles. The molecular formula is C13H18ClNO. The number of hydrogen-bond acceptors (Lipinski definition) is 1. The number of amides is 1. The Balaban J connectivity index is 2.61. The summed E-state index contributed by atoms with van der Waals surface area (Å²) in [5.41, 5.74) is 5.25. The lowest BCUT2D eigenvalue weighted by Gasteiger charge is -2.11. The molecule has 0 fully saturated rings. The zero-order valence-electron chi connectivity index (χ0n) is 10.1. The second-order valence-corrected chi connectivity index (χ2v) is 4.29.